The zero-order valence-electron chi connectivity index (χ0n) is 8.29. The van der Waals surface area contributed by atoms with Gasteiger partial charge in [-0.05, 0) is 21.0 Å². The molecule has 1 aliphatic rings. The molecular weight excluding hydrogens is 164 g/mol. The third kappa shape index (κ3) is 1.87. The highest BCUT2D eigenvalue weighted by Gasteiger charge is 2.28. The van der Waals surface area contributed by atoms with Gasteiger partial charge in [0.15, 0.2) is 0 Å². The second kappa shape index (κ2) is 3.44. The summed E-state index contributed by atoms with van der Waals surface area (Å²) in [6.07, 6.45) is 8.61. The Balaban J connectivity index is 2.89. The molecule has 0 bridgehead atoms. The Hall–Kier alpha value is -0.930. The van der Waals surface area contributed by atoms with Crippen molar-refractivity contribution in [1.82, 2.24) is 10.6 Å². The fraction of sp³-hybridized carbons (Fsp3) is 0.500. The van der Waals surface area contributed by atoms with Crippen molar-refractivity contribution < 1.29 is 4.79 Å². The lowest BCUT2D eigenvalue weighted by atomic mass is 9.87. The lowest BCUT2D eigenvalue weighted by Gasteiger charge is -2.30. The molecule has 0 heterocycles. The van der Waals surface area contributed by atoms with Gasteiger partial charge in [0.2, 0.25) is 0 Å². The first-order valence-corrected chi connectivity index (χ1v) is 4.35. The third-order valence-electron chi connectivity index (χ3n) is 2.58. The SMILES string of the molecule is CNC1(C)C=CC(C=O)(NC)C=C1. The van der Waals surface area contributed by atoms with E-state index in [9.17, 15) is 4.79 Å². The van der Waals surface area contributed by atoms with Gasteiger partial charge in [0.25, 0.3) is 0 Å². The lowest BCUT2D eigenvalue weighted by Crippen LogP contribution is -2.46. The van der Waals surface area contributed by atoms with Gasteiger partial charge in [0.1, 0.15) is 11.8 Å². The molecule has 0 amide bonds. The molecule has 3 nitrogen and oxygen atoms in total. The maximum Gasteiger partial charge on any atom is 0.147 e. The van der Waals surface area contributed by atoms with Gasteiger partial charge in [-0.3, -0.25) is 0 Å². The van der Waals surface area contributed by atoms with E-state index in [-0.39, 0.29) is 5.54 Å². The number of aldehydes is 1. The summed E-state index contributed by atoms with van der Waals surface area (Å²) in [5.74, 6) is 0. The second-order valence-corrected chi connectivity index (χ2v) is 3.50. The lowest BCUT2D eigenvalue weighted by molar-refractivity contribution is -0.110. The second-order valence-electron chi connectivity index (χ2n) is 3.50. The summed E-state index contributed by atoms with van der Waals surface area (Å²) >= 11 is 0. The van der Waals surface area contributed by atoms with Crippen LogP contribution in [0.3, 0.4) is 0 Å². The molecule has 0 radical (unpaired) electrons. The van der Waals surface area contributed by atoms with Gasteiger partial charge in [-0.2, -0.15) is 0 Å². The molecule has 0 spiro atoms. The van der Waals surface area contributed by atoms with Crippen LogP contribution in [0.1, 0.15) is 6.92 Å². The summed E-state index contributed by atoms with van der Waals surface area (Å²) < 4.78 is 0. The van der Waals surface area contributed by atoms with Crippen LogP contribution in [0, 0.1) is 0 Å². The van der Waals surface area contributed by atoms with Crippen molar-refractivity contribution >= 4 is 6.29 Å². The molecule has 0 aromatic heterocycles. The molecule has 0 aromatic carbocycles. The van der Waals surface area contributed by atoms with Gasteiger partial charge in [-0.15, -0.1) is 0 Å². The average Bonchev–Trinajstić information content (AvgIpc) is 2.20. The smallest absolute Gasteiger partial charge is 0.147 e. The molecule has 0 aromatic rings. The first kappa shape index (κ1) is 10.2. The Labute approximate surface area is 78.9 Å². The molecule has 0 saturated carbocycles. The Morgan fingerprint density at radius 2 is 1.62 bits per heavy atom. The summed E-state index contributed by atoms with van der Waals surface area (Å²) in [7, 11) is 3.66. The first-order chi connectivity index (χ1) is 6.10. The van der Waals surface area contributed by atoms with Gasteiger partial charge in [-0.1, -0.05) is 24.3 Å². The zero-order valence-corrected chi connectivity index (χ0v) is 8.29. The topological polar surface area (TPSA) is 41.1 Å². The van der Waals surface area contributed by atoms with E-state index < -0.39 is 5.54 Å². The predicted octanol–water partition coefficient (Wildman–Crippen LogP) is 0.248. The van der Waals surface area contributed by atoms with Gasteiger partial charge >= 0.3 is 0 Å². The Kier molecular flexibility index (Phi) is 2.68. The molecule has 1 aliphatic carbocycles. The van der Waals surface area contributed by atoms with E-state index in [0.29, 0.717) is 0 Å². The first-order valence-electron chi connectivity index (χ1n) is 4.35. The van der Waals surface area contributed by atoms with Crippen LogP contribution in [0.15, 0.2) is 24.3 Å². The minimum atomic E-state index is -0.615. The fourth-order valence-electron chi connectivity index (χ4n) is 1.20. The fourth-order valence-corrected chi connectivity index (χ4v) is 1.20. The Morgan fingerprint density at radius 1 is 1.08 bits per heavy atom. The molecule has 2 N–H and O–H groups in total. The highest BCUT2D eigenvalue weighted by molar-refractivity contribution is 5.73. The van der Waals surface area contributed by atoms with Crippen LogP contribution >= 0.6 is 0 Å². The molecular formula is C10H16N2O. The largest absolute Gasteiger partial charge is 0.308 e. The van der Waals surface area contributed by atoms with Crippen LogP contribution in [0.4, 0.5) is 0 Å². The van der Waals surface area contributed by atoms with Crippen molar-refractivity contribution in [3.05, 3.63) is 24.3 Å². The van der Waals surface area contributed by atoms with Crippen molar-refractivity contribution in [3.8, 4) is 0 Å². The van der Waals surface area contributed by atoms with Gasteiger partial charge in [0.05, 0.1) is 5.54 Å². The molecule has 72 valence electrons. The maximum atomic E-state index is 10.8. The van der Waals surface area contributed by atoms with Crippen molar-refractivity contribution in [2.75, 3.05) is 14.1 Å². The van der Waals surface area contributed by atoms with E-state index >= 15 is 0 Å². The van der Waals surface area contributed by atoms with Crippen LogP contribution in [0.2, 0.25) is 0 Å². The van der Waals surface area contributed by atoms with Crippen LogP contribution in [0.25, 0.3) is 0 Å². The highest BCUT2D eigenvalue weighted by Crippen LogP contribution is 2.19. The van der Waals surface area contributed by atoms with E-state index in [1.807, 2.05) is 38.3 Å². The van der Waals surface area contributed by atoms with E-state index in [0.717, 1.165) is 6.29 Å². The average molecular weight is 180 g/mol. The van der Waals surface area contributed by atoms with Crippen LogP contribution in [-0.4, -0.2) is 31.5 Å². The maximum absolute atomic E-state index is 10.8. The molecule has 0 atom stereocenters. The number of rotatable bonds is 3. The number of likely N-dealkylation sites (N-methyl/N-ethyl adjacent to an activating group) is 2. The molecule has 0 unspecified atom stereocenters. The van der Waals surface area contributed by atoms with Crippen LogP contribution in [-0.2, 0) is 4.79 Å². The molecule has 1 rings (SSSR count). The van der Waals surface area contributed by atoms with E-state index in [1.54, 1.807) is 7.05 Å². The van der Waals surface area contributed by atoms with E-state index in [2.05, 4.69) is 10.6 Å². The molecule has 0 fully saturated rings. The monoisotopic (exact) mass is 180 g/mol. The molecule has 13 heavy (non-hydrogen) atoms. The van der Waals surface area contributed by atoms with Gasteiger partial charge in [-0.25, -0.2) is 0 Å². The molecule has 0 aliphatic heterocycles. The number of carbonyl (C=O) groups excluding carboxylic acids is 1. The third-order valence-corrected chi connectivity index (χ3v) is 2.58. The summed E-state index contributed by atoms with van der Waals surface area (Å²) in [5.41, 5.74) is -0.750. The number of hydrogen-bond acceptors (Lipinski definition) is 3. The predicted molar refractivity (Wildman–Crippen MR) is 53.6 cm³/mol. The Bertz CT molecular complexity index is 242. The minimum absolute atomic E-state index is 0.136. The van der Waals surface area contributed by atoms with Crippen LogP contribution in [0.5, 0.6) is 0 Å². The molecule has 3 heteroatoms. The minimum Gasteiger partial charge on any atom is -0.308 e. The molecule has 0 saturated heterocycles. The van der Waals surface area contributed by atoms with Gasteiger partial charge in [0, 0.05) is 0 Å². The summed E-state index contributed by atoms with van der Waals surface area (Å²) in [5, 5.41) is 6.11. The number of carbonyl (C=O) groups is 1. The van der Waals surface area contributed by atoms with Crippen molar-refractivity contribution in [2.24, 2.45) is 0 Å². The number of nitrogens with one attached hydrogen (secondary N) is 2. The van der Waals surface area contributed by atoms with E-state index in [1.165, 1.54) is 0 Å². The summed E-state index contributed by atoms with van der Waals surface area (Å²) in [6.45, 7) is 2.05. The zero-order chi connectivity index (χ0) is 9.95. The normalized spacial score (nSPS) is 37.8. The summed E-state index contributed by atoms with van der Waals surface area (Å²) in [6, 6.07) is 0. The standard InChI is InChI=1S/C10H16N2O/c1-9(11-2)4-6-10(8-13,12-3)7-5-9/h4-8,11-12H,1-3H3. The number of hydrogen-bond donors (Lipinski definition) is 2. The van der Waals surface area contributed by atoms with Crippen molar-refractivity contribution in [2.45, 2.75) is 18.0 Å². The Morgan fingerprint density at radius 3 is 1.92 bits per heavy atom. The highest BCUT2D eigenvalue weighted by atomic mass is 16.1. The quantitative estimate of drug-likeness (QED) is 0.483. The van der Waals surface area contributed by atoms with E-state index in [4.69, 9.17) is 0 Å². The van der Waals surface area contributed by atoms with Crippen molar-refractivity contribution in [1.29, 1.82) is 0 Å². The van der Waals surface area contributed by atoms with Crippen molar-refractivity contribution in [3.63, 3.8) is 0 Å². The summed E-state index contributed by atoms with van der Waals surface area (Å²) in [4.78, 5) is 10.8. The van der Waals surface area contributed by atoms with Gasteiger partial charge < -0.3 is 15.4 Å². The van der Waals surface area contributed by atoms with Crippen LogP contribution < -0.4 is 10.6 Å².